The lowest BCUT2D eigenvalue weighted by Crippen LogP contribution is -2.06. The Morgan fingerprint density at radius 1 is 1.41 bits per heavy atom. The summed E-state index contributed by atoms with van der Waals surface area (Å²) in [7, 11) is 0. The summed E-state index contributed by atoms with van der Waals surface area (Å²) in [6.45, 7) is 7.48. The monoisotopic (exact) mass is 235 g/mol. The van der Waals surface area contributed by atoms with Crippen molar-refractivity contribution in [3.63, 3.8) is 0 Å². The summed E-state index contributed by atoms with van der Waals surface area (Å²) in [5.74, 6) is -0.304. The predicted molar refractivity (Wildman–Crippen MR) is 65.5 cm³/mol. The number of carbonyl (C=O) groups excluding carboxylic acids is 1. The van der Waals surface area contributed by atoms with Crippen molar-refractivity contribution in [3.05, 3.63) is 33.9 Å². The molecule has 0 amide bonds. The summed E-state index contributed by atoms with van der Waals surface area (Å²) in [6.07, 6.45) is 1.40. The van der Waals surface area contributed by atoms with Crippen LogP contribution < -0.4 is 0 Å². The van der Waals surface area contributed by atoms with Gasteiger partial charge in [-0.15, -0.1) is 0 Å². The first kappa shape index (κ1) is 13.2. The van der Waals surface area contributed by atoms with E-state index in [4.69, 9.17) is 9.94 Å². The first-order valence-electron chi connectivity index (χ1n) is 5.37. The second kappa shape index (κ2) is 5.48. The quantitative estimate of drug-likeness (QED) is 0.379. The highest BCUT2D eigenvalue weighted by Crippen LogP contribution is 2.21. The second-order valence-electron chi connectivity index (χ2n) is 4.05. The summed E-state index contributed by atoms with van der Waals surface area (Å²) in [4.78, 5) is 10.8. The predicted octanol–water partition coefficient (Wildman–Crippen LogP) is 2.48. The number of oxime groups is 1. The van der Waals surface area contributed by atoms with Gasteiger partial charge < -0.3 is 9.94 Å². The van der Waals surface area contributed by atoms with Crippen LogP contribution in [0.3, 0.4) is 0 Å². The number of carbonyl (C=O) groups is 1. The minimum atomic E-state index is -0.304. The molecule has 0 aliphatic carbocycles. The number of ether oxygens (including phenoxy) is 1. The Balaban J connectivity index is 3.20. The lowest BCUT2D eigenvalue weighted by Gasteiger charge is -2.14. The third kappa shape index (κ3) is 3.06. The van der Waals surface area contributed by atoms with Crippen LogP contribution in [0.4, 0.5) is 0 Å². The molecule has 1 rings (SSSR count). The van der Waals surface area contributed by atoms with Gasteiger partial charge in [0.05, 0.1) is 6.21 Å². The summed E-state index contributed by atoms with van der Waals surface area (Å²) in [5.41, 5.74) is 4.89. The maximum atomic E-state index is 10.8. The SMILES string of the molecule is CC(=O)OCc1c(C)cc(C)c(/C=N/O)c1C. The molecule has 4 nitrogen and oxygen atoms in total. The van der Waals surface area contributed by atoms with Crippen LogP contribution in [-0.4, -0.2) is 17.4 Å². The molecule has 1 aromatic carbocycles. The third-order valence-electron chi connectivity index (χ3n) is 2.80. The Bertz CT molecular complexity index is 464. The molecule has 0 bridgehead atoms. The minimum Gasteiger partial charge on any atom is -0.461 e. The Morgan fingerprint density at radius 2 is 2.06 bits per heavy atom. The van der Waals surface area contributed by atoms with Crippen molar-refractivity contribution in [1.29, 1.82) is 0 Å². The fourth-order valence-electron chi connectivity index (χ4n) is 1.90. The zero-order valence-corrected chi connectivity index (χ0v) is 10.6. The molecule has 92 valence electrons. The van der Waals surface area contributed by atoms with Gasteiger partial charge in [0.2, 0.25) is 0 Å². The van der Waals surface area contributed by atoms with E-state index in [1.807, 2.05) is 26.8 Å². The normalized spacial score (nSPS) is 10.8. The van der Waals surface area contributed by atoms with Gasteiger partial charge in [-0.2, -0.15) is 0 Å². The standard InChI is InChI=1S/C13H17NO3/c1-8-5-9(2)13(7-17-11(4)15)10(3)12(8)6-14-16/h5-6,16H,7H2,1-4H3/b14-6+. The van der Waals surface area contributed by atoms with Gasteiger partial charge >= 0.3 is 5.97 Å². The molecule has 0 aliphatic rings. The van der Waals surface area contributed by atoms with E-state index in [2.05, 4.69) is 5.16 Å². The Kier molecular flexibility index (Phi) is 4.26. The molecule has 1 N–H and O–H groups in total. The summed E-state index contributed by atoms with van der Waals surface area (Å²) >= 11 is 0. The summed E-state index contributed by atoms with van der Waals surface area (Å²) in [6, 6.07) is 1.99. The van der Waals surface area contributed by atoms with Gasteiger partial charge in [-0.1, -0.05) is 11.2 Å². The molecule has 0 heterocycles. The lowest BCUT2D eigenvalue weighted by atomic mass is 9.94. The van der Waals surface area contributed by atoms with E-state index in [9.17, 15) is 4.79 Å². The van der Waals surface area contributed by atoms with Crippen LogP contribution >= 0.6 is 0 Å². The van der Waals surface area contributed by atoms with E-state index in [1.54, 1.807) is 0 Å². The summed E-state index contributed by atoms with van der Waals surface area (Å²) in [5, 5.41) is 11.7. The largest absolute Gasteiger partial charge is 0.461 e. The van der Waals surface area contributed by atoms with Crippen molar-refractivity contribution in [3.8, 4) is 0 Å². The van der Waals surface area contributed by atoms with Crippen LogP contribution in [0.25, 0.3) is 0 Å². The van der Waals surface area contributed by atoms with E-state index < -0.39 is 0 Å². The molecule has 0 radical (unpaired) electrons. The topological polar surface area (TPSA) is 58.9 Å². The molecule has 0 fully saturated rings. The Morgan fingerprint density at radius 3 is 2.59 bits per heavy atom. The van der Waals surface area contributed by atoms with E-state index in [0.717, 1.165) is 27.8 Å². The van der Waals surface area contributed by atoms with Crippen molar-refractivity contribution < 1.29 is 14.7 Å². The first-order valence-corrected chi connectivity index (χ1v) is 5.37. The van der Waals surface area contributed by atoms with Crippen LogP contribution in [0, 0.1) is 20.8 Å². The second-order valence-corrected chi connectivity index (χ2v) is 4.05. The molecule has 0 atom stereocenters. The summed E-state index contributed by atoms with van der Waals surface area (Å²) < 4.78 is 5.02. The van der Waals surface area contributed by atoms with E-state index in [1.165, 1.54) is 13.1 Å². The Labute approximate surface area is 101 Å². The molecule has 0 aliphatic heterocycles. The highest BCUT2D eigenvalue weighted by atomic mass is 16.5. The third-order valence-corrected chi connectivity index (χ3v) is 2.80. The molecule has 0 unspecified atom stereocenters. The van der Waals surface area contributed by atoms with Gasteiger partial charge in [0.25, 0.3) is 0 Å². The number of aryl methyl sites for hydroxylation is 2. The van der Waals surface area contributed by atoms with Gasteiger partial charge in [-0.3, -0.25) is 4.79 Å². The molecule has 1 aromatic rings. The smallest absolute Gasteiger partial charge is 0.302 e. The fraction of sp³-hybridized carbons (Fsp3) is 0.385. The maximum Gasteiger partial charge on any atom is 0.302 e. The molecule has 0 spiro atoms. The van der Waals surface area contributed by atoms with E-state index >= 15 is 0 Å². The van der Waals surface area contributed by atoms with Crippen molar-refractivity contribution in [2.24, 2.45) is 5.16 Å². The van der Waals surface area contributed by atoms with E-state index in [-0.39, 0.29) is 12.6 Å². The van der Waals surface area contributed by atoms with Crippen LogP contribution in [0.5, 0.6) is 0 Å². The van der Waals surface area contributed by atoms with E-state index in [0.29, 0.717) is 0 Å². The number of esters is 1. The number of benzene rings is 1. The highest BCUT2D eigenvalue weighted by Gasteiger charge is 2.10. The van der Waals surface area contributed by atoms with Gasteiger partial charge in [0.1, 0.15) is 6.61 Å². The molecule has 4 heteroatoms. The van der Waals surface area contributed by atoms with Gasteiger partial charge in [0.15, 0.2) is 0 Å². The van der Waals surface area contributed by atoms with Crippen molar-refractivity contribution >= 4 is 12.2 Å². The zero-order chi connectivity index (χ0) is 13.0. The molecule has 17 heavy (non-hydrogen) atoms. The van der Waals surface area contributed by atoms with Crippen LogP contribution in [-0.2, 0) is 16.1 Å². The highest BCUT2D eigenvalue weighted by molar-refractivity contribution is 5.84. The molecular weight excluding hydrogens is 218 g/mol. The lowest BCUT2D eigenvalue weighted by molar-refractivity contribution is -0.142. The molecule has 0 saturated heterocycles. The molecule has 0 saturated carbocycles. The number of hydrogen-bond donors (Lipinski definition) is 1. The van der Waals surface area contributed by atoms with Crippen molar-refractivity contribution in [2.45, 2.75) is 34.3 Å². The average Bonchev–Trinajstić information content (AvgIpc) is 2.23. The Hall–Kier alpha value is -1.84. The van der Waals surface area contributed by atoms with Crippen LogP contribution in [0.2, 0.25) is 0 Å². The maximum absolute atomic E-state index is 10.8. The molecular formula is C13H17NO3. The van der Waals surface area contributed by atoms with Crippen molar-refractivity contribution in [2.75, 3.05) is 0 Å². The van der Waals surface area contributed by atoms with Gasteiger partial charge in [-0.05, 0) is 43.0 Å². The number of nitrogens with zero attached hydrogens (tertiary/aromatic N) is 1. The fourth-order valence-corrected chi connectivity index (χ4v) is 1.90. The van der Waals surface area contributed by atoms with Crippen molar-refractivity contribution in [1.82, 2.24) is 0 Å². The molecule has 0 aromatic heterocycles. The minimum absolute atomic E-state index is 0.250. The van der Waals surface area contributed by atoms with Gasteiger partial charge in [0, 0.05) is 12.5 Å². The number of hydrogen-bond acceptors (Lipinski definition) is 4. The average molecular weight is 235 g/mol. The van der Waals surface area contributed by atoms with Gasteiger partial charge in [-0.25, -0.2) is 0 Å². The zero-order valence-electron chi connectivity index (χ0n) is 10.6. The first-order chi connectivity index (χ1) is 7.97. The van der Waals surface area contributed by atoms with Crippen LogP contribution in [0.1, 0.15) is 34.7 Å². The number of rotatable bonds is 3. The van der Waals surface area contributed by atoms with Crippen LogP contribution in [0.15, 0.2) is 11.2 Å².